The zero-order chi connectivity index (χ0) is 25.0. The number of amides is 2. The number of benzene rings is 3. The van der Waals surface area contributed by atoms with Crippen molar-refractivity contribution in [3.8, 4) is 0 Å². The maximum Gasteiger partial charge on any atom is 0.243 e. The number of rotatable bonds is 12. The Morgan fingerprint density at radius 3 is 2.09 bits per heavy atom. The molecule has 0 aliphatic rings. The molecule has 4 nitrogen and oxygen atoms in total. The fourth-order valence-electron chi connectivity index (χ4n) is 3.81. The molecule has 35 heavy (non-hydrogen) atoms. The third kappa shape index (κ3) is 8.59. The quantitative estimate of drug-likeness (QED) is 0.317. The zero-order valence-electron chi connectivity index (χ0n) is 20.9. The maximum atomic E-state index is 13.6. The highest BCUT2D eigenvalue weighted by atomic mass is 32.2. The van der Waals surface area contributed by atoms with Gasteiger partial charge >= 0.3 is 0 Å². The molecule has 0 spiro atoms. The summed E-state index contributed by atoms with van der Waals surface area (Å²) in [5, 5.41) is 3.12. The second-order valence-electron chi connectivity index (χ2n) is 8.94. The topological polar surface area (TPSA) is 49.4 Å². The minimum atomic E-state index is -0.580. The molecular formula is C30H36N2O2S. The number of thioether (sulfide) groups is 1. The van der Waals surface area contributed by atoms with Crippen molar-refractivity contribution in [3.05, 3.63) is 102 Å². The largest absolute Gasteiger partial charge is 0.352 e. The fraction of sp³-hybridized carbons (Fsp3) is 0.333. The molecule has 0 saturated heterocycles. The maximum absolute atomic E-state index is 13.6. The van der Waals surface area contributed by atoms with Gasteiger partial charge < -0.3 is 10.2 Å². The van der Waals surface area contributed by atoms with Crippen LogP contribution in [-0.4, -0.2) is 34.6 Å². The van der Waals surface area contributed by atoms with Gasteiger partial charge in [-0.25, -0.2) is 0 Å². The molecule has 184 valence electrons. The van der Waals surface area contributed by atoms with E-state index in [1.165, 1.54) is 5.56 Å². The SMILES string of the molecule is CC[C@H](C)NC(=O)[C@@H](Cc1ccccc1)N(Cc1ccccc1)C(=O)CCSc1ccc(C)cc1. The summed E-state index contributed by atoms with van der Waals surface area (Å²) in [6.07, 6.45) is 1.68. The number of carbonyl (C=O) groups is 2. The van der Waals surface area contributed by atoms with E-state index < -0.39 is 6.04 Å². The van der Waals surface area contributed by atoms with E-state index in [0.29, 0.717) is 25.1 Å². The van der Waals surface area contributed by atoms with Crippen molar-refractivity contribution in [2.45, 2.75) is 63.6 Å². The van der Waals surface area contributed by atoms with Crippen molar-refractivity contribution in [1.82, 2.24) is 10.2 Å². The molecule has 5 heteroatoms. The van der Waals surface area contributed by atoms with Crippen molar-refractivity contribution in [2.75, 3.05) is 5.75 Å². The summed E-state index contributed by atoms with van der Waals surface area (Å²) in [5.41, 5.74) is 3.27. The lowest BCUT2D eigenvalue weighted by Crippen LogP contribution is -2.52. The molecule has 0 aromatic heterocycles. The Morgan fingerprint density at radius 2 is 1.49 bits per heavy atom. The van der Waals surface area contributed by atoms with Gasteiger partial charge in [0.15, 0.2) is 0 Å². The van der Waals surface area contributed by atoms with Crippen molar-refractivity contribution >= 4 is 23.6 Å². The molecule has 0 aliphatic heterocycles. The third-order valence-electron chi connectivity index (χ3n) is 6.07. The van der Waals surface area contributed by atoms with Crippen LogP contribution in [0, 0.1) is 6.92 Å². The molecule has 0 unspecified atom stereocenters. The molecule has 3 rings (SSSR count). The Balaban J connectivity index is 1.82. The number of aryl methyl sites for hydroxylation is 1. The van der Waals surface area contributed by atoms with E-state index in [-0.39, 0.29) is 17.9 Å². The van der Waals surface area contributed by atoms with Crippen molar-refractivity contribution in [1.29, 1.82) is 0 Å². The monoisotopic (exact) mass is 488 g/mol. The van der Waals surface area contributed by atoms with E-state index in [9.17, 15) is 9.59 Å². The van der Waals surface area contributed by atoms with Gasteiger partial charge in [-0.3, -0.25) is 9.59 Å². The van der Waals surface area contributed by atoms with Gasteiger partial charge in [-0.1, -0.05) is 85.3 Å². The highest BCUT2D eigenvalue weighted by Gasteiger charge is 2.30. The summed E-state index contributed by atoms with van der Waals surface area (Å²) in [4.78, 5) is 30.0. The summed E-state index contributed by atoms with van der Waals surface area (Å²) in [5.74, 6) is 0.561. The highest BCUT2D eigenvalue weighted by molar-refractivity contribution is 7.99. The summed E-state index contributed by atoms with van der Waals surface area (Å²) < 4.78 is 0. The lowest BCUT2D eigenvalue weighted by atomic mass is 10.0. The highest BCUT2D eigenvalue weighted by Crippen LogP contribution is 2.21. The van der Waals surface area contributed by atoms with Crippen LogP contribution in [0.3, 0.4) is 0 Å². The average Bonchev–Trinajstić information content (AvgIpc) is 2.88. The molecule has 0 heterocycles. The lowest BCUT2D eigenvalue weighted by molar-refractivity contribution is -0.141. The van der Waals surface area contributed by atoms with Gasteiger partial charge in [0.1, 0.15) is 6.04 Å². The standard InChI is InChI=1S/C30H36N2O2S/c1-4-24(3)31-30(34)28(21-25-11-7-5-8-12-25)32(22-26-13-9-6-10-14-26)29(33)19-20-35-27-17-15-23(2)16-18-27/h5-18,24,28H,4,19-22H2,1-3H3,(H,31,34)/t24-,28+/m0/s1. The van der Waals surface area contributed by atoms with Gasteiger partial charge in [-0.2, -0.15) is 0 Å². The average molecular weight is 489 g/mol. The van der Waals surface area contributed by atoms with Crippen LogP contribution in [0.2, 0.25) is 0 Å². The fourth-order valence-corrected chi connectivity index (χ4v) is 4.65. The van der Waals surface area contributed by atoms with Crippen molar-refractivity contribution in [2.24, 2.45) is 0 Å². The van der Waals surface area contributed by atoms with Crippen LogP contribution in [0.4, 0.5) is 0 Å². The van der Waals surface area contributed by atoms with E-state index in [0.717, 1.165) is 22.4 Å². The number of carbonyl (C=O) groups excluding carboxylic acids is 2. The van der Waals surface area contributed by atoms with Gasteiger partial charge in [0.05, 0.1) is 0 Å². The first-order valence-corrected chi connectivity index (χ1v) is 13.3. The molecule has 0 bridgehead atoms. The van der Waals surface area contributed by atoms with Crippen LogP contribution in [0.5, 0.6) is 0 Å². The van der Waals surface area contributed by atoms with Crippen LogP contribution in [0.1, 0.15) is 43.4 Å². The first kappa shape index (κ1) is 26.6. The van der Waals surface area contributed by atoms with Crippen molar-refractivity contribution in [3.63, 3.8) is 0 Å². The Morgan fingerprint density at radius 1 is 0.886 bits per heavy atom. The predicted octanol–water partition coefficient (Wildman–Crippen LogP) is 6.03. The van der Waals surface area contributed by atoms with Crippen LogP contribution < -0.4 is 5.32 Å². The molecule has 1 N–H and O–H groups in total. The van der Waals surface area contributed by atoms with E-state index in [4.69, 9.17) is 0 Å². The molecule has 3 aromatic carbocycles. The zero-order valence-corrected chi connectivity index (χ0v) is 21.8. The number of nitrogens with one attached hydrogen (secondary N) is 1. The minimum Gasteiger partial charge on any atom is -0.352 e. The molecule has 0 fully saturated rings. The number of hydrogen-bond acceptors (Lipinski definition) is 3. The minimum absolute atomic E-state index is 0.00584. The van der Waals surface area contributed by atoms with Crippen molar-refractivity contribution < 1.29 is 9.59 Å². The Kier molecular flexibility index (Phi) is 10.4. The summed E-state index contributed by atoms with van der Waals surface area (Å²) in [6.45, 7) is 6.52. The van der Waals surface area contributed by atoms with E-state index >= 15 is 0 Å². The number of nitrogens with zero attached hydrogens (tertiary/aromatic N) is 1. The summed E-state index contributed by atoms with van der Waals surface area (Å²) >= 11 is 1.67. The van der Waals surface area contributed by atoms with Crippen LogP contribution in [0.15, 0.2) is 89.8 Å². The second-order valence-corrected chi connectivity index (χ2v) is 10.1. The smallest absolute Gasteiger partial charge is 0.243 e. The normalized spacial score (nSPS) is 12.5. The Hall–Kier alpha value is -3.05. The first-order valence-electron chi connectivity index (χ1n) is 12.3. The van der Waals surface area contributed by atoms with Gasteiger partial charge in [-0.15, -0.1) is 11.8 Å². The van der Waals surface area contributed by atoms with Gasteiger partial charge in [0.25, 0.3) is 0 Å². The van der Waals surface area contributed by atoms with Gasteiger partial charge in [0, 0.05) is 36.1 Å². The lowest BCUT2D eigenvalue weighted by Gasteiger charge is -2.32. The van der Waals surface area contributed by atoms with Gasteiger partial charge in [-0.05, 0) is 43.5 Å². The molecule has 0 aliphatic carbocycles. The van der Waals surface area contributed by atoms with Crippen LogP contribution >= 0.6 is 11.8 Å². The first-order chi connectivity index (χ1) is 17.0. The summed E-state index contributed by atoms with van der Waals surface area (Å²) in [7, 11) is 0. The summed E-state index contributed by atoms with van der Waals surface area (Å²) in [6, 6.07) is 27.7. The second kappa shape index (κ2) is 13.7. The van der Waals surface area contributed by atoms with Crippen LogP contribution in [-0.2, 0) is 22.6 Å². The Labute approximate surface area is 214 Å². The molecule has 2 amide bonds. The molecule has 2 atom stereocenters. The van der Waals surface area contributed by atoms with Gasteiger partial charge in [0.2, 0.25) is 11.8 Å². The molecular weight excluding hydrogens is 452 g/mol. The molecule has 0 radical (unpaired) electrons. The third-order valence-corrected chi connectivity index (χ3v) is 7.09. The predicted molar refractivity (Wildman–Crippen MR) is 145 cm³/mol. The van der Waals surface area contributed by atoms with E-state index in [2.05, 4.69) is 36.5 Å². The number of hydrogen-bond donors (Lipinski definition) is 1. The molecule has 3 aromatic rings. The van der Waals surface area contributed by atoms with E-state index in [1.54, 1.807) is 16.7 Å². The Bertz CT molecular complexity index is 1050. The van der Waals surface area contributed by atoms with E-state index in [1.807, 2.05) is 74.5 Å². The molecule has 0 saturated carbocycles. The van der Waals surface area contributed by atoms with Crippen LogP contribution in [0.25, 0.3) is 0 Å².